The average Bonchev–Trinajstić information content (AvgIpc) is 2.98. The molecule has 0 bridgehead atoms. The van der Waals surface area contributed by atoms with E-state index in [1.807, 2.05) is 6.92 Å². The minimum absolute atomic E-state index is 0.0361. The second kappa shape index (κ2) is 5.28. The van der Waals surface area contributed by atoms with Crippen molar-refractivity contribution in [3.05, 3.63) is 24.0 Å². The normalized spacial score (nSPS) is 22.9. The summed E-state index contributed by atoms with van der Waals surface area (Å²) in [6.45, 7) is 5.98. The Morgan fingerprint density at radius 3 is 3.00 bits per heavy atom. The van der Waals surface area contributed by atoms with Gasteiger partial charge in [-0.25, -0.2) is 9.97 Å². The zero-order valence-corrected chi connectivity index (χ0v) is 11.9. The van der Waals surface area contributed by atoms with Crippen molar-refractivity contribution >= 4 is 0 Å². The van der Waals surface area contributed by atoms with Crippen molar-refractivity contribution in [1.29, 1.82) is 0 Å². The van der Waals surface area contributed by atoms with E-state index in [0.29, 0.717) is 17.3 Å². The van der Waals surface area contributed by atoms with Gasteiger partial charge in [0.05, 0.1) is 5.41 Å². The molecule has 0 radical (unpaired) electrons. The third-order valence-electron chi connectivity index (χ3n) is 4.03. The Labute approximate surface area is 118 Å². The topological polar surface area (TPSA) is 76.7 Å². The van der Waals surface area contributed by atoms with Gasteiger partial charge >= 0.3 is 0 Å². The molecular formula is C14H19N5O. The van der Waals surface area contributed by atoms with Crippen LogP contribution in [-0.2, 0) is 5.41 Å². The van der Waals surface area contributed by atoms with Crippen LogP contribution in [0.2, 0.25) is 0 Å². The molecule has 1 atom stereocenters. The first kappa shape index (κ1) is 13.2. The van der Waals surface area contributed by atoms with E-state index < -0.39 is 0 Å². The molecule has 2 aromatic heterocycles. The van der Waals surface area contributed by atoms with Crippen molar-refractivity contribution in [3.63, 3.8) is 0 Å². The van der Waals surface area contributed by atoms with Gasteiger partial charge in [-0.05, 0) is 38.8 Å². The van der Waals surface area contributed by atoms with Crippen LogP contribution in [0.4, 0.5) is 0 Å². The molecular weight excluding hydrogens is 254 g/mol. The summed E-state index contributed by atoms with van der Waals surface area (Å²) >= 11 is 0. The monoisotopic (exact) mass is 273 g/mol. The van der Waals surface area contributed by atoms with E-state index in [4.69, 9.17) is 4.52 Å². The maximum atomic E-state index is 5.53. The molecule has 1 aliphatic rings. The van der Waals surface area contributed by atoms with Gasteiger partial charge in [-0.15, -0.1) is 0 Å². The van der Waals surface area contributed by atoms with Crippen LogP contribution in [-0.4, -0.2) is 33.2 Å². The highest BCUT2D eigenvalue weighted by atomic mass is 16.5. The van der Waals surface area contributed by atoms with Crippen LogP contribution < -0.4 is 5.32 Å². The molecule has 1 unspecified atom stereocenters. The quantitative estimate of drug-likeness (QED) is 0.920. The maximum Gasteiger partial charge on any atom is 0.234 e. The van der Waals surface area contributed by atoms with Crippen LogP contribution in [0, 0.1) is 6.92 Å². The molecule has 6 nitrogen and oxygen atoms in total. The van der Waals surface area contributed by atoms with E-state index in [2.05, 4.69) is 32.3 Å². The lowest BCUT2D eigenvalue weighted by Gasteiger charge is -2.33. The zero-order valence-electron chi connectivity index (χ0n) is 11.9. The summed E-state index contributed by atoms with van der Waals surface area (Å²) in [6, 6.07) is 1.80. The SMILES string of the molecule is CCC1(c2nc(-c3ccnc(C)n3)no2)CCCNC1. The van der Waals surface area contributed by atoms with E-state index >= 15 is 0 Å². The van der Waals surface area contributed by atoms with E-state index in [9.17, 15) is 0 Å². The molecule has 106 valence electrons. The fourth-order valence-electron chi connectivity index (χ4n) is 2.73. The molecule has 0 aromatic carbocycles. The Balaban J connectivity index is 1.93. The van der Waals surface area contributed by atoms with Gasteiger partial charge in [-0.3, -0.25) is 0 Å². The number of rotatable bonds is 3. The van der Waals surface area contributed by atoms with Gasteiger partial charge in [0.15, 0.2) is 0 Å². The van der Waals surface area contributed by atoms with Gasteiger partial charge < -0.3 is 9.84 Å². The molecule has 1 saturated heterocycles. The molecule has 0 aliphatic carbocycles. The van der Waals surface area contributed by atoms with Crippen molar-refractivity contribution in [3.8, 4) is 11.5 Å². The molecule has 1 fully saturated rings. The third-order valence-corrected chi connectivity index (χ3v) is 4.03. The van der Waals surface area contributed by atoms with Crippen LogP contribution in [0.5, 0.6) is 0 Å². The van der Waals surface area contributed by atoms with Gasteiger partial charge in [-0.1, -0.05) is 12.1 Å². The Hall–Kier alpha value is -1.82. The van der Waals surface area contributed by atoms with Gasteiger partial charge in [-0.2, -0.15) is 4.98 Å². The highest BCUT2D eigenvalue weighted by Gasteiger charge is 2.37. The molecule has 2 aromatic rings. The van der Waals surface area contributed by atoms with Crippen molar-refractivity contribution in [2.45, 2.75) is 38.5 Å². The van der Waals surface area contributed by atoms with Gasteiger partial charge in [0.2, 0.25) is 11.7 Å². The lowest BCUT2D eigenvalue weighted by atomic mass is 9.78. The number of hydrogen-bond donors (Lipinski definition) is 1. The molecule has 6 heteroatoms. The van der Waals surface area contributed by atoms with Gasteiger partial charge in [0.1, 0.15) is 11.5 Å². The summed E-state index contributed by atoms with van der Waals surface area (Å²) in [6.07, 6.45) is 4.93. The lowest BCUT2D eigenvalue weighted by Crippen LogP contribution is -2.43. The van der Waals surface area contributed by atoms with Crippen LogP contribution in [0.25, 0.3) is 11.5 Å². The number of aromatic nitrogens is 4. The molecule has 0 saturated carbocycles. The predicted octanol–water partition coefficient (Wildman–Crippen LogP) is 1.87. The van der Waals surface area contributed by atoms with Crippen LogP contribution in [0.3, 0.4) is 0 Å². The average molecular weight is 273 g/mol. The molecule has 20 heavy (non-hydrogen) atoms. The summed E-state index contributed by atoms with van der Waals surface area (Å²) in [7, 11) is 0. The lowest BCUT2D eigenvalue weighted by molar-refractivity contribution is 0.221. The van der Waals surface area contributed by atoms with Crippen LogP contribution in [0.15, 0.2) is 16.8 Å². The molecule has 1 aliphatic heterocycles. The Morgan fingerprint density at radius 1 is 1.40 bits per heavy atom. The number of nitrogens with one attached hydrogen (secondary N) is 1. The summed E-state index contributed by atoms with van der Waals surface area (Å²) in [5.41, 5.74) is 0.675. The summed E-state index contributed by atoms with van der Waals surface area (Å²) in [5.74, 6) is 1.97. The first-order valence-electron chi connectivity index (χ1n) is 7.08. The number of aryl methyl sites for hydroxylation is 1. The second-order valence-corrected chi connectivity index (χ2v) is 5.33. The maximum absolute atomic E-state index is 5.53. The summed E-state index contributed by atoms with van der Waals surface area (Å²) in [4.78, 5) is 13.0. The zero-order chi connectivity index (χ0) is 14.0. The van der Waals surface area contributed by atoms with Gasteiger partial charge in [0, 0.05) is 12.7 Å². The van der Waals surface area contributed by atoms with Crippen molar-refractivity contribution in [1.82, 2.24) is 25.4 Å². The van der Waals surface area contributed by atoms with Crippen LogP contribution >= 0.6 is 0 Å². The first-order chi connectivity index (χ1) is 9.73. The van der Waals surface area contributed by atoms with E-state index in [-0.39, 0.29) is 5.41 Å². The number of piperidine rings is 1. The third kappa shape index (κ3) is 2.31. The highest BCUT2D eigenvalue weighted by Crippen LogP contribution is 2.34. The molecule has 1 N–H and O–H groups in total. The Kier molecular flexibility index (Phi) is 3.48. The largest absolute Gasteiger partial charge is 0.338 e. The smallest absolute Gasteiger partial charge is 0.234 e. The number of nitrogens with zero attached hydrogens (tertiary/aromatic N) is 4. The Morgan fingerprint density at radius 2 is 2.30 bits per heavy atom. The van der Waals surface area contributed by atoms with Crippen LogP contribution in [0.1, 0.15) is 37.9 Å². The fraction of sp³-hybridized carbons (Fsp3) is 0.571. The van der Waals surface area contributed by atoms with Crippen molar-refractivity contribution in [2.24, 2.45) is 0 Å². The molecule has 3 rings (SSSR count). The molecule has 0 spiro atoms. The second-order valence-electron chi connectivity index (χ2n) is 5.33. The number of hydrogen-bond acceptors (Lipinski definition) is 6. The molecule has 0 amide bonds. The summed E-state index contributed by atoms with van der Waals surface area (Å²) < 4.78 is 5.53. The minimum Gasteiger partial charge on any atom is -0.338 e. The van der Waals surface area contributed by atoms with E-state index in [0.717, 1.165) is 38.2 Å². The summed E-state index contributed by atoms with van der Waals surface area (Å²) in [5, 5.41) is 7.52. The van der Waals surface area contributed by atoms with E-state index in [1.54, 1.807) is 12.3 Å². The molecule has 3 heterocycles. The van der Waals surface area contributed by atoms with Gasteiger partial charge in [0.25, 0.3) is 0 Å². The van der Waals surface area contributed by atoms with E-state index in [1.165, 1.54) is 0 Å². The Bertz CT molecular complexity index is 589. The fourth-order valence-corrected chi connectivity index (χ4v) is 2.73. The van der Waals surface area contributed by atoms with Crippen molar-refractivity contribution < 1.29 is 4.52 Å². The predicted molar refractivity (Wildman–Crippen MR) is 74.1 cm³/mol. The standard InChI is InChI=1S/C14H19N5O/c1-3-14(6-4-7-15-9-14)13-18-12(19-20-13)11-5-8-16-10(2)17-11/h5,8,15H,3-4,6-7,9H2,1-2H3. The first-order valence-corrected chi connectivity index (χ1v) is 7.08. The highest BCUT2D eigenvalue weighted by molar-refractivity contribution is 5.47. The minimum atomic E-state index is -0.0361. The van der Waals surface area contributed by atoms with Crippen molar-refractivity contribution in [2.75, 3.05) is 13.1 Å².